The summed E-state index contributed by atoms with van der Waals surface area (Å²) in [7, 11) is 1.61. The lowest BCUT2D eigenvalue weighted by Crippen LogP contribution is -2.15. The van der Waals surface area contributed by atoms with E-state index in [1.807, 2.05) is 12.1 Å². The molecule has 1 aromatic carbocycles. The molecule has 23 heavy (non-hydrogen) atoms. The van der Waals surface area contributed by atoms with Gasteiger partial charge in [0.25, 0.3) is 0 Å². The van der Waals surface area contributed by atoms with E-state index in [-0.39, 0.29) is 5.91 Å². The molecule has 2 aromatic rings. The van der Waals surface area contributed by atoms with E-state index in [0.29, 0.717) is 50.1 Å². The summed E-state index contributed by atoms with van der Waals surface area (Å²) in [6, 6.07) is 7.29. The summed E-state index contributed by atoms with van der Waals surface area (Å²) in [5.74, 6) is 1.11. The van der Waals surface area contributed by atoms with Crippen LogP contribution in [0.25, 0.3) is 11.4 Å². The largest absolute Gasteiger partial charge is 0.382 e. The highest BCUT2D eigenvalue weighted by molar-refractivity contribution is 5.90. The highest BCUT2D eigenvalue weighted by Crippen LogP contribution is 2.18. The number of benzene rings is 1. The number of carbonyl (C=O) groups excluding carboxylic acids is 1. The molecule has 8 heteroatoms. The molecule has 0 atom stereocenters. The van der Waals surface area contributed by atoms with E-state index in [2.05, 4.69) is 20.5 Å². The molecule has 1 heterocycles. The summed E-state index contributed by atoms with van der Waals surface area (Å²) < 4.78 is 10.1. The fourth-order valence-corrected chi connectivity index (χ4v) is 1.85. The van der Waals surface area contributed by atoms with Crippen LogP contribution in [0.3, 0.4) is 0 Å². The monoisotopic (exact) mass is 319 g/mol. The van der Waals surface area contributed by atoms with Crippen LogP contribution in [0.4, 0.5) is 5.69 Å². The Labute approximate surface area is 134 Å². The maximum Gasteiger partial charge on any atom is 0.226 e. The van der Waals surface area contributed by atoms with Gasteiger partial charge in [0.15, 0.2) is 5.82 Å². The number of aromatic amines is 1. The number of nitrogens with zero attached hydrogens (tertiary/aromatic N) is 2. The predicted octanol–water partition coefficient (Wildman–Crippen LogP) is 0.922. The molecule has 4 N–H and O–H groups in total. The summed E-state index contributed by atoms with van der Waals surface area (Å²) in [6.45, 7) is 1.69. The van der Waals surface area contributed by atoms with E-state index < -0.39 is 0 Å². The van der Waals surface area contributed by atoms with Gasteiger partial charge in [0.1, 0.15) is 5.82 Å². The first kappa shape index (κ1) is 17.1. The predicted molar refractivity (Wildman–Crippen MR) is 85.7 cm³/mol. The zero-order chi connectivity index (χ0) is 16.5. The lowest BCUT2D eigenvalue weighted by atomic mass is 10.2. The Balaban J connectivity index is 1.81. The molecule has 2 rings (SSSR count). The fourth-order valence-electron chi connectivity index (χ4n) is 1.85. The van der Waals surface area contributed by atoms with Crippen molar-refractivity contribution >= 4 is 11.6 Å². The number of nitrogens with one attached hydrogen (secondary N) is 2. The van der Waals surface area contributed by atoms with Crippen molar-refractivity contribution in [2.75, 3.05) is 32.2 Å². The molecule has 0 saturated heterocycles. The molecule has 0 spiro atoms. The van der Waals surface area contributed by atoms with E-state index in [1.54, 1.807) is 19.2 Å². The van der Waals surface area contributed by atoms with Gasteiger partial charge in [-0.2, -0.15) is 5.10 Å². The highest BCUT2D eigenvalue weighted by Gasteiger charge is 2.06. The second-order valence-electron chi connectivity index (χ2n) is 4.79. The van der Waals surface area contributed by atoms with Crippen LogP contribution in [0.2, 0.25) is 0 Å². The first-order valence-electron chi connectivity index (χ1n) is 7.31. The molecule has 0 aliphatic rings. The summed E-state index contributed by atoms with van der Waals surface area (Å²) in [6.07, 6.45) is 0.298. The minimum absolute atomic E-state index is 0.0986. The molecule has 0 fully saturated rings. The molecular weight excluding hydrogens is 298 g/mol. The van der Waals surface area contributed by atoms with Crippen molar-refractivity contribution in [3.63, 3.8) is 0 Å². The second kappa shape index (κ2) is 8.99. The van der Waals surface area contributed by atoms with Crippen LogP contribution in [0.5, 0.6) is 0 Å². The standard InChI is InChI=1S/C15H21N5O3/c1-22-8-9-23-7-6-14(21)17-12-4-2-11(3-5-12)15-18-13(10-16)19-20-15/h2-5H,6-10,16H2,1H3,(H,17,21)(H,18,19,20). The third-order valence-corrected chi connectivity index (χ3v) is 3.06. The van der Waals surface area contributed by atoms with Crippen LogP contribution in [0, 0.1) is 0 Å². The first-order valence-corrected chi connectivity index (χ1v) is 7.31. The van der Waals surface area contributed by atoms with Crippen LogP contribution in [-0.4, -0.2) is 48.0 Å². The van der Waals surface area contributed by atoms with Crippen molar-refractivity contribution in [1.29, 1.82) is 0 Å². The van der Waals surface area contributed by atoms with Crippen LogP contribution in [0.15, 0.2) is 24.3 Å². The molecule has 1 amide bonds. The number of hydrogen-bond acceptors (Lipinski definition) is 6. The lowest BCUT2D eigenvalue weighted by Gasteiger charge is -2.06. The number of carbonyl (C=O) groups is 1. The van der Waals surface area contributed by atoms with Gasteiger partial charge in [-0.1, -0.05) is 0 Å². The van der Waals surface area contributed by atoms with E-state index >= 15 is 0 Å². The summed E-state index contributed by atoms with van der Waals surface area (Å²) in [4.78, 5) is 16.0. The van der Waals surface area contributed by atoms with Crippen molar-refractivity contribution in [3.05, 3.63) is 30.1 Å². The van der Waals surface area contributed by atoms with Crippen molar-refractivity contribution in [3.8, 4) is 11.4 Å². The summed E-state index contributed by atoms with van der Waals surface area (Å²) in [5, 5.41) is 9.65. The van der Waals surface area contributed by atoms with E-state index in [9.17, 15) is 4.79 Å². The number of methoxy groups -OCH3 is 1. The van der Waals surface area contributed by atoms with Gasteiger partial charge in [0.05, 0.1) is 32.8 Å². The number of amides is 1. The Morgan fingerprint density at radius 2 is 2.04 bits per heavy atom. The number of rotatable bonds is 9. The van der Waals surface area contributed by atoms with Gasteiger partial charge in [0, 0.05) is 18.4 Å². The Bertz CT molecular complexity index is 612. The zero-order valence-electron chi connectivity index (χ0n) is 13.0. The quantitative estimate of drug-likeness (QED) is 0.592. The van der Waals surface area contributed by atoms with Crippen molar-refractivity contribution in [2.24, 2.45) is 5.73 Å². The molecule has 0 radical (unpaired) electrons. The zero-order valence-corrected chi connectivity index (χ0v) is 13.0. The number of H-pyrrole nitrogens is 1. The molecule has 0 aliphatic carbocycles. The molecule has 124 valence electrons. The van der Waals surface area contributed by atoms with Crippen molar-refractivity contribution < 1.29 is 14.3 Å². The minimum Gasteiger partial charge on any atom is -0.382 e. The van der Waals surface area contributed by atoms with Gasteiger partial charge in [-0.3, -0.25) is 9.89 Å². The maximum atomic E-state index is 11.8. The number of anilines is 1. The van der Waals surface area contributed by atoms with Crippen LogP contribution < -0.4 is 11.1 Å². The van der Waals surface area contributed by atoms with Gasteiger partial charge in [-0.25, -0.2) is 4.98 Å². The van der Waals surface area contributed by atoms with Crippen LogP contribution in [-0.2, 0) is 20.8 Å². The molecule has 0 unspecified atom stereocenters. The van der Waals surface area contributed by atoms with Crippen molar-refractivity contribution in [2.45, 2.75) is 13.0 Å². The average Bonchev–Trinajstić information content (AvgIpc) is 3.04. The van der Waals surface area contributed by atoms with Gasteiger partial charge >= 0.3 is 0 Å². The van der Waals surface area contributed by atoms with Crippen LogP contribution in [0.1, 0.15) is 12.2 Å². The summed E-state index contributed by atoms with van der Waals surface area (Å²) >= 11 is 0. The molecule has 8 nitrogen and oxygen atoms in total. The molecule has 0 bridgehead atoms. The highest BCUT2D eigenvalue weighted by atomic mass is 16.5. The smallest absolute Gasteiger partial charge is 0.226 e. The number of ether oxygens (including phenoxy) is 2. The van der Waals surface area contributed by atoms with Crippen LogP contribution >= 0.6 is 0 Å². The topological polar surface area (TPSA) is 115 Å². The molecule has 0 saturated carbocycles. The van der Waals surface area contributed by atoms with E-state index in [0.717, 1.165) is 5.56 Å². The van der Waals surface area contributed by atoms with Gasteiger partial charge in [-0.15, -0.1) is 0 Å². The van der Waals surface area contributed by atoms with E-state index in [4.69, 9.17) is 15.2 Å². The third kappa shape index (κ3) is 5.44. The molecule has 1 aromatic heterocycles. The summed E-state index contributed by atoms with van der Waals surface area (Å²) in [5.41, 5.74) is 7.05. The van der Waals surface area contributed by atoms with Crippen molar-refractivity contribution in [1.82, 2.24) is 15.2 Å². The fraction of sp³-hybridized carbons (Fsp3) is 0.400. The second-order valence-corrected chi connectivity index (χ2v) is 4.79. The normalized spacial score (nSPS) is 10.7. The third-order valence-electron chi connectivity index (χ3n) is 3.06. The SMILES string of the molecule is COCCOCCC(=O)Nc1ccc(-c2n[nH]c(CN)n2)cc1. The Kier molecular flexibility index (Phi) is 6.67. The van der Waals surface area contributed by atoms with Gasteiger partial charge in [-0.05, 0) is 24.3 Å². The van der Waals surface area contributed by atoms with E-state index in [1.165, 1.54) is 0 Å². The molecular formula is C15H21N5O3. The average molecular weight is 319 g/mol. The first-order chi connectivity index (χ1) is 11.2. The minimum atomic E-state index is -0.0986. The lowest BCUT2D eigenvalue weighted by molar-refractivity contribution is -0.117. The number of aromatic nitrogens is 3. The number of hydrogen-bond donors (Lipinski definition) is 3. The maximum absolute atomic E-state index is 11.8. The van der Waals surface area contributed by atoms with Gasteiger partial charge in [0.2, 0.25) is 5.91 Å². The Hall–Kier alpha value is -2.29. The molecule has 0 aliphatic heterocycles. The van der Waals surface area contributed by atoms with Gasteiger partial charge < -0.3 is 20.5 Å². The number of nitrogens with two attached hydrogens (primary N) is 1. The Morgan fingerprint density at radius 1 is 1.26 bits per heavy atom. The Morgan fingerprint density at radius 3 is 2.70 bits per heavy atom.